The Kier molecular flexibility index (Phi) is 2.47. The van der Waals surface area contributed by atoms with Crippen molar-refractivity contribution in [1.82, 2.24) is 5.32 Å². The molecule has 0 spiro atoms. The molecule has 0 radical (unpaired) electrons. The Morgan fingerprint density at radius 3 is 2.69 bits per heavy atom. The Morgan fingerprint density at radius 1 is 1.38 bits per heavy atom. The van der Waals surface area contributed by atoms with E-state index in [0.717, 1.165) is 24.5 Å². The van der Waals surface area contributed by atoms with Crippen LogP contribution in [0.3, 0.4) is 0 Å². The summed E-state index contributed by atoms with van der Waals surface area (Å²) < 4.78 is 10.5. The maximum atomic E-state index is 5.46. The zero-order valence-corrected chi connectivity index (χ0v) is 7.62. The first-order valence-corrected chi connectivity index (χ1v) is 4.39. The summed E-state index contributed by atoms with van der Waals surface area (Å²) in [7, 11) is 1.67. The predicted octanol–water partition coefficient (Wildman–Crippen LogP) is 1.31. The van der Waals surface area contributed by atoms with Crippen LogP contribution in [-0.4, -0.2) is 20.3 Å². The molecule has 1 aromatic rings. The van der Waals surface area contributed by atoms with Crippen LogP contribution in [0.4, 0.5) is 0 Å². The van der Waals surface area contributed by atoms with Gasteiger partial charge in [0, 0.05) is 6.54 Å². The van der Waals surface area contributed by atoms with Gasteiger partial charge in [-0.3, -0.25) is 5.32 Å². The first kappa shape index (κ1) is 8.53. The fourth-order valence-corrected chi connectivity index (χ4v) is 1.42. The van der Waals surface area contributed by atoms with Crippen molar-refractivity contribution in [1.29, 1.82) is 0 Å². The van der Waals surface area contributed by atoms with Gasteiger partial charge >= 0.3 is 0 Å². The van der Waals surface area contributed by atoms with Crippen LogP contribution in [0.25, 0.3) is 0 Å². The minimum Gasteiger partial charge on any atom is -0.497 e. The molecule has 70 valence electrons. The largest absolute Gasteiger partial charge is 0.497 e. The number of nitrogens with one attached hydrogen (secondary N) is 1. The van der Waals surface area contributed by atoms with E-state index in [-0.39, 0.29) is 6.23 Å². The lowest BCUT2D eigenvalue weighted by molar-refractivity contribution is 0.102. The molecule has 1 aromatic carbocycles. The Morgan fingerprint density at radius 2 is 2.15 bits per heavy atom. The molecule has 0 saturated carbocycles. The molecule has 1 atom stereocenters. The zero-order chi connectivity index (χ0) is 9.10. The van der Waals surface area contributed by atoms with Crippen molar-refractivity contribution < 1.29 is 9.47 Å². The molecule has 0 bridgehead atoms. The molecular formula is C10H13NO2. The summed E-state index contributed by atoms with van der Waals surface area (Å²) in [5, 5.41) is 3.25. The summed E-state index contributed by atoms with van der Waals surface area (Å²) >= 11 is 0. The second kappa shape index (κ2) is 3.77. The summed E-state index contributed by atoms with van der Waals surface area (Å²) in [6.45, 7) is 1.72. The number of benzene rings is 1. The zero-order valence-electron chi connectivity index (χ0n) is 7.62. The molecule has 2 rings (SSSR count). The van der Waals surface area contributed by atoms with Crippen molar-refractivity contribution >= 4 is 0 Å². The van der Waals surface area contributed by atoms with Gasteiger partial charge in [-0.25, -0.2) is 0 Å². The van der Waals surface area contributed by atoms with Gasteiger partial charge in [-0.2, -0.15) is 0 Å². The highest BCUT2D eigenvalue weighted by Crippen LogP contribution is 2.20. The molecule has 1 fully saturated rings. The van der Waals surface area contributed by atoms with E-state index in [4.69, 9.17) is 9.47 Å². The minimum atomic E-state index is 0.0610. The SMILES string of the molecule is COc1ccc([C@H]2NCCO2)cc1. The van der Waals surface area contributed by atoms with E-state index >= 15 is 0 Å². The molecule has 0 aliphatic carbocycles. The number of hydrogen-bond donors (Lipinski definition) is 1. The van der Waals surface area contributed by atoms with E-state index in [2.05, 4.69) is 5.32 Å². The molecular weight excluding hydrogens is 166 g/mol. The van der Waals surface area contributed by atoms with E-state index < -0.39 is 0 Å². The second-order valence-electron chi connectivity index (χ2n) is 2.98. The summed E-state index contributed by atoms with van der Waals surface area (Å²) in [6.07, 6.45) is 0.0610. The lowest BCUT2D eigenvalue weighted by Crippen LogP contribution is -2.13. The van der Waals surface area contributed by atoms with Crippen molar-refractivity contribution in [3.63, 3.8) is 0 Å². The van der Waals surface area contributed by atoms with Crippen molar-refractivity contribution in [2.45, 2.75) is 6.23 Å². The average molecular weight is 179 g/mol. The van der Waals surface area contributed by atoms with Crippen LogP contribution >= 0.6 is 0 Å². The predicted molar refractivity (Wildman–Crippen MR) is 49.7 cm³/mol. The molecule has 0 aromatic heterocycles. The van der Waals surface area contributed by atoms with Crippen LogP contribution in [-0.2, 0) is 4.74 Å². The van der Waals surface area contributed by atoms with Crippen LogP contribution in [0.5, 0.6) is 5.75 Å². The highest BCUT2D eigenvalue weighted by Gasteiger charge is 2.15. The maximum absolute atomic E-state index is 5.46. The van der Waals surface area contributed by atoms with Crippen molar-refractivity contribution in [2.75, 3.05) is 20.3 Å². The molecule has 1 heterocycles. The van der Waals surface area contributed by atoms with Gasteiger partial charge in [0.05, 0.1) is 13.7 Å². The van der Waals surface area contributed by atoms with Crippen molar-refractivity contribution in [3.05, 3.63) is 29.8 Å². The lowest BCUT2D eigenvalue weighted by Gasteiger charge is -2.10. The van der Waals surface area contributed by atoms with Gasteiger partial charge in [-0.1, -0.05) is 12.1 Å². The van der Waals surface area contributed by atoms with Crippen LogP contribution in [0.1, 0.15) is 11.8 Å². The first-order chi connectivity index (χ1) is 6.40. The highest BCUT2D eigenvalue weighted by atomic mass is 16.5. The van der Waals surface area contributed by atoms with E-state index in [1.807, 2.05) is 24.3 Å². The molecule has 1 aliphatic heterocycles. The van der Waals surface area contributed by atoms with Gasteiger partial charge < -0.3 is 9.47 Å². The maximum Gasteiger partial charge on any atom is 0.134 e. The summed E-state index contributed by atoms with van der Waals surface area (Å²) in [4.78, 5) is 0. The third kappa shape index (κ3) is 1.82. The number of methoxy groups -OCH3 is 1. The van der Waals surface area contributed by atoms with E-state index in [9.17, 15) is 0 Å². The van der Waals surface area contributed by atoms with Gasteiger partial charge in [0.25, 0.3) is 0 Å². The summed E-state index contributed by atoms with van der Waals surface area (Å²) in [5.41, 5.74) is 1.15. The fraction of sp³-hybridized carbons (Fsp3) is 0.400. The molecule has 3 heteroatoms. The third-order valence-electron chi connectivity index (χ3n) is 2.13. The summed E-state index contributed by atoms with van der Waals surface area (Å²) in [6, 6.07) is 7.92. The van der Waals surface area contributed by atoms with Crippen LogP contribution in [0.2, 0.25) is 0 Å². The molecule has 0 unspecified atom stereocenters. The smallest absolute Gasteiger partial charge is 0.134 e. The highest BCUT2D eigenvalue weighted by molar-refractivity contribution is 5.28. The van der Waals surface area contributed by atoms with Crippen LogP contribution in [0, 0.1) is 0 Å². The van der Waals surface area contributed by atoms with E-state index in [1.165, 1.54) is 0 Å². The van der Waals surface area contributed by atoms with E-state index in [1.54, 1.807) is 7.11 Å². The van der Waals surface area contributed by atoms with Crippen LogP contribution < -0.4 is 10.1 Å². The Bertz CT molecular complexity index is 265. The second-order valence-corrected chi connectivity index (χ2v) is 2.98. The fourth-order valence-electron chi connectivity index (χ4n) is 1.42. The molecule has 13 heavy (non-hydrogen) atoms. The number of rotatable bonds is 2. The lowest BCUT2D eigenvalue weighted by atomic mass is 10.2. The van der Waals surface area contributed by atoms with Gasteiger partial charge in [-0.15, -0.1) is 0 Å². The molecule has 1 aliphatic rings. The number of hydrogen-bond acceptors (Lipinski definition) is 3. The van der Waals surface area contributed by atoms with Crippen LogP contribution in [0.15, 0.2) is 24.3 Å². The normalized spacial score (nSPS) is 21.8. The van der Waals surface area contributed by atoms with Gasteiger partial charge in [0.15, 0.2) is 0 Å². The van der Waals surface area contributed by atoms with Gasteiger partial charge in [-0.05, 0) is 17.7 Å². The molecule has 1 N–H and O–H groups in total. The number of ether oxygens (including phenoxy) is 2. The topological polar surface area (TPSA) is 30.5 Å². The van der Waals surface area contributed by atoms with E-state index in [0.29, 0.717) is 0 Å². The van der Waals surface area contributed by atoms with Crippen molar-refractivity contribution in [3.8, 4) is 5.75 Å². The minimum absolute atomic E-state index is 0.0610. The van der Waals surface area contributed by atoms with Gasteiger partial charge in [0.2, 0.25) is 0 Å². The van der Waals surface area contributed by atoms with Gasteiger partial charge in [0.1, 0.15) is 12.0 Å². The first-order valence-electron chi connectivity index (χ1n) is 4.39. The van der Waals surface area contributed by atoms with Crippen molar-refractivity contribution in [2.24, 2.45) is 0 Å². The Hall–Kier alpha value is -1.06. The Labute approximate surface area is 77.7 Å². The third-order valence-corrected chi connectivity index (χ3v) is 2.13. The molecule has 1 saturated heterocycles. The average Bonchev–Trinajstić information content (AvgIpc) is 2.71. The molecule has 3 nitrogen and oxygen atoms in total. The Balaban J connectivity index is 2.12. The standard InChI is InChI=1S/C10H13NO2/c1-12-9-4-2-8(3-5-9)10-11-6-7-13-10/h2-5,10-11H,6-7H2,1H3/t10-/m0/s1. The quantitative estimate of drug-likeness (QED) is 0.742. The summed E-state index contributed by atoms with van der Waals surface area (Å²) in [5.74, 6) is 0.877. The monoisotopic (exact) mass is 179 g/mol. The molecule has 0 amide bonds.